The van der Waals surface area contributed by atoms with E-state index in [1.807, 2.05) is 0 Å². The fourth-order valence-electron chi connectivity index (χ4n) is 2.21. The first-order valence-corrected chi connectivity index (χ1v) is 8.00. The van der Waals surface area contributed by atoms with Crippen LogP contribution in [0.15, 0.2) is 18.2 Å². The number of rotatable bonds is 6. The average Bonchev–Trinajstić information content (AvgIpc) is 2.77. The van der Waals surface area contributed by atoms with E-state index in [-0.39, 0.29) is 17.4 Å². The zero-order chi connectivity index (χ0) is 16.3. The van der Waals surface area contributed by atoms with E-state index in [9.17, 15) is 9.90 Å². The number of hydrogen-bond acceptors (Lipinski definition) is 2. The highest BCUT2D eigenvalue weighted by atomic mass is 35.5. The molecule has 0 amide bonds. The number of aromatic carboxylic acids is 1. The van der Waals surface area contributed by atoms with Crippen LogP contribution in [-0.2, 0) is 13.0 Å². The van der Waals surface area contributed by atoms with Crippen molar-refractivity contribution < 1.29 is 9.90 Å². The van der Waals surface area contributed by atoms with Crippen LogP contribution in [0.5, 0.6) is 0 Å². The normalized spacial score (nSPS) is 10.9. The Kier molecular flexibility index (Phi) is 5.73. The van der Waals surface area contributed by atoms with Crippen LogP contribution < -0.4 is 0 Å². The third kappa shape index (κ3) is 3.57. The van der Waals surface area contributed by atoms with Gasteiger partial charge in [-0.2, -0.15) is 0 Å². The van der Waals surface area contributed by atoms with E-state index >= 15 is 0 Å². The number of aromatic nitrogens is 2. The minimum Gasteiger partial charge on any atom is -0.476 e. The Labute approximate surface area is 143 Å². The number of benzene rings is 1. The molecule has 0 radical (unpaired) electrons. The largest absolute Gasteiger partial charge is 0.476 e. The monoisotopic (exact) mass is 360 g/mol. The van der Waals surface area contributed by atoms with Crippen molar-refractivity contribution >= 4 is 40.8 Å². The summed E-state index contributed by atoms with van der Waals surface area (Å²) in [5.41, 5.74) is 0.701. The van der Waals surface area contributed by atoms with Gasteiger partial charge in [-0.15, -0.1) is 0 Å². The Morgan fingerprint density at radius 2 is 2.05 bits per heavy atom. The van der Waals surface area contributed by atoms with Crippen molar-refractivity contribution in [3.63, 3.8) is 0 Å². The molecule has 1 N–H and O–H groups in total. The Morgan fingerprint density at radius 1 is 1.32 bits per heavy atom. The Hall–Kier alpha value is -1.23. The number of aryl methyl sites for hydroxylation is 1. The number of carboxylic acids is 1. The van der Waals surface area contributed by atoms with Gasteiger partial charge in [0.05, 0.1) is 16.6 Å². The highest BCUT2D eigenvalue weighted by Crippen LogP contribution is 2.28. The van der Waals surface area contributed by atoms with Crippen molar-refractivity contribution in [2.24, 2.45) is 0 Å². The SMILES string of the molecule is CCCCc1nc(Cl)c(C(=O)O)n1Cc1cccc(Cl)c1Cl. The van der Waals surface area contributed by atoms with Crippen LogP contribution >= 0.6 is 34.8 Å². The first kappa shape index (κ1) is 17.1. The first-order valence-electron chi connectivity index (χ1n) is 6.86. The summed E-state index contributed by atoms with van der Waals surface area (Å²) in [6.45, 7) is 2.32. The van der Waals surface area contributed by atoms with Crippen molar-refractivity contribution in [1.29, 1.82) is 0 Å². The summed E-state index contributed by atoms with van der Waals surface area (Å²) in [5, 5.41) is 10.2. The third-order valence-electron chi connectivity index (χ3n) is 3.32. The molecule has 0 bridgehead atoms. The fourth-order valence-corrected chi connectivity index (χ4v) is 2.87. The summed E-state index contributed by atoms with van der Waals surface area (Å²) >= 11 is 18.2. The van der Waals surface area contributed by atoms with Crippen LogP contribution in [0.4, 0.5) is 0 Å². The van der Waals surface area contributed by atoms with Gasteiger partial charge < -0.3 is 9.67 Å². The molecule has 0 aliphatic carbocycles. The first-order chi connectivity index (χ1) is 10.5. The maximum Gasteiger partial charge on any atom is 0.355 e. The Balaban J connectivity index is 2.47. The lowest BCUT2D eigenvalue weighted by molar-refractivity contribution is 0.0685. The number of unbranched alkanes of at least 4 members (excludes halogenated alkanes) is 1. The van der Waals surface area contributed by atoms with Crippen molar-refractivity contribution in [1.82, 2.24) is 9.55 Å². The number of carboxylic acid groups (broad SMARTS) is 1. The van der Waals surface area contributed by atoms with Gasteiger partial charge in [-0.05, 0) is 18.1 Å². The van der Waals surface area contributed by atoms with Crippen molar-refractivity contribution in [2.75, 3.05) is 0 Å². The van der Waals surface area contributed by atoms with Gasteiger partial charge in [0, 0.05) is 6.42 Å². The highest BCUT2D eigenvalue weighted by Gasteiger charge is 2.22. The van der Waals surface area contributed by atoms with Gasteiger partial charge in [0.1, 0.15) is 5.82 Å². The number of hydrogen-bond donors (Lipinski definition) is 1. The second-order valence-corrected chi connectivity index (χ2v) is 6.02. The maximum absolute atomic E-state index is 11.5. The Morgan fingerprint density at radius 3 is 2.68 bits per heavy atom. The fraction of sp³-hybridized carbons (Fsp3) is 0.333. The molecule has 0 atom stereocenters. The molecule has 1 aromatic carbocycles. The van der Waals surface area contributed by atoms with Gasteiger partial charge >= 0.3 is 5.97 Å². The summed E-state index contributed by atoms with van der Waals surface area (Å²) in [6.07, 6.45) is 2.53. The predicted molar refractivity (Wildman–Crippen MR) is 88.4 cm³/mol. The summed E-state index contributed by atoms with van der Waals surface area (Å²) in [7, 11) is 0. The van der Waals surface area contributed by atoms with Crippen LogP contribution in [0.3, 0.4) is 0 Å². The summed E-state index contributed by atoms with van der Waals surface area (Å²) in [6, 6.07) is 5.26. The smallest absolute Gasteiger partial charge is 0.355 e. The van der Waals surface area contributed by atoms with Crippen LogP contribution in [0.1, 0.15) is 41.6 Å². The van der Waals surface area contributed by atoms with E-state index in [0.717, 1.165) is 18.4 Å². The van der Waals surface area contributed by atoms with Gasteiger partial charge in [0.25, 0.3) is 0 Å². The molecule has 0 aliphatic heterocycles. The molecule has 0 unspecified atom stereocenters. The van der Waals surface area contributed by atoms with E-state index in [4.69, 9.17) is 34.8 Å². The molecule has 2 aromatic rings. The lowest BCUT2D eigenvalue weighted by Gasteiger charge is -2.12. The van der Waals surface area contributed by atoms with Crippen molar-refractivity contribution in [2.45, 2.75) is 32.7 Å². The molecule has 0 spiro atoms. The standard InChI is InChI=1S/C15H15Cl3N2O2/c1-2-3-7-11-19-14(18)13(15(21)22)20(11)8-9-5-4-6-10(16)12(9)17/h4-6H,2-3,7-8H2,1H3,(H,21,22). The second kappa shape index (κ2) is 7.36. The summed E-state index contributed by atoms with van der Waals surface area (Å²) < 4.78 is 1.60. The van der Waals surface area contributed by atoms with E-state index in [0.29, 0.717) is 22.3 Å². The molecular weight excluding hydrogens is 347 g/mol. The minimum atomic E-state index is -1.11. The second-order valence-electron chi connectivity index (χ2n) is 4.88. The van der Waals surface area contributed by atoms with Gasteiger partial charge in [-0.3, -0.25) is 0 Å². The van der Waals surface area contributed by atoms with Crippen LogP contribution in [-0.4, -0.2) is 20.6 Å². The van der Waals surface area contributed by atoms with Crippen molar-refractivity contribution in [3.8, 4) is 0 Å². The molecule has 0 aliphatic rings. The molecule has 0 fully saturated rings. The summed E-state index contributed by atoms with van der Waals surface area (Å²) in [4.78, 5) is 15.7. The highest BCUT2D eigenvalue weighted by molar-refractivity contribution is 6.42. The van der Waals surface area contributed by atoms with E-state index in [1.165, 1.54) is 0 Å². The molecule has 0 saturated carbocycles. The topological polar surface area (TPSA) is 55.1 Å². The van der Waals surface area contributed by atoms with E-state index in [2.05, 4.69) is 11.9 Å². The van der Waals surface area contributed by atoms with Crippen LogP contribution in [0.25, 0.3) is 0 Å². The zero-order valence-electron chi connectivity index (χ0n) is 11.9. The Bertz CT molecular complexity index is 698. The summed E-state index contributed by atoms with van der Waals surface area (Å²) in [5.74, 6) is -0.473. The molecule has 7 heteroatoms. The van der Waals surface area contributed by atoms with Gasteiger partial charge in [0.15, 0.2) is 10.8 Å². The lowest BCUT2D eigenvalue weighted by Crippen LogP contribution is -2.13. The van der Waals surface area contributed by atoms with Crippen LogP contribution in [0, 0.1) is 0 Å². The minimum absolute atomic E-state index is 0.00301. The zero-order valence-corrected chi connectivity index (χ0v) is 14.2. The lowest BCUT2D eigenvalue weighted by atomic mass is 10.2. The quantitative estimate of drug-likeness (QED) is 0.793. The number of halogens is 3. The maximum atomic E-state index is 11.5. The molecule has 2 rings (SSSR count). The third-order valence-corrected chi connectivity index (χ3v) is 4.44. The molecular formula is C15H15Cl3N2O2. The van der Waals surface area contributed by atoms with Gasteiger partial charge in [-0.25, -0.2) is 9.78 Å². The average molecular weight is 362 g/mol. The number of carbonyl (C=O) groups is 1. The van der Waals surface area contributed by atoms with E-state index in [1.54, 1.807) is 22.8 Å². The van der Waals surface area contributed by atoms with Gasteiger partial charge in [0.2, 0.25) is 0 Å². The number of nitrogens with zero attached hydrogens (tertiary/aromatic N) is 2. The van der Waals surface area contributed by atoms with Crippen LogP contribution in [0.2, 0.25) is 15.2 Å². The van der Waals surface area contributed by atoms with Crippen molar-refractivity contribution in [3.05, 3.63) is 50.5 Å². The molecule has 0 saturated heterocycles. The van der Waals surface area contributed by atoms with E-state index < -0.39 is 5.97 Å². The molecule has 22 heavy (non-hydrogen) atoms. The predicted octanol–water partition coefficient (Wildman–Crippen LogP) is 4.93. The molecule has 118 valence electrons. The number of imidazole rings is 1. The molecule has 4 nitrogen and oxygen atoms in total. The molecule has 1 heterocycles. The molecule has 1 aromatic heterocycles. The van der Waals surface area contributed by atoms with Gasteiger partial charge in [-0.1, -0.05) is 60.3 Å².